The fraction of sp³-hybridized carbons (Fsp3) is 0.286. The average Bonchev–Trinajstić information content (AvgIpc) is 2.54. The Morgan fingerprint density at radius 2 is 2.04 bits per heavy atom. The Bertz CT molecular complexity index is 770. The molecule has 1 heterocycles. The third-order valence-electron chi connectivity index (χ3n) is 2.72. The largest absolute Gasteiger partial charge is 0.477 e. The van der Waals surface area contributed by atoms with Crippen LogP contribution in [-0.4, -0.2) is 39.0 Å². The smallest absolute Gasteiger partial charge is 0.224 e. The highest BCUT2D eigenvalue weighted by Gasteiger charge is 2.15. The van der Waals surface area contributed by atoms with Crippen molar-refractivity contribution in [3.8, 4) is 23.2 Å². The van der Waals surface area contributed by atoms with Gasteiger partial charge in [-0.1, -0.05) is 35.0 Å². The highest BCUT2D eigenvalue weighted by atomic mass is 35.5. The van der Waals surface area contributed by atoms with Crippen LogP contribution in [0.1, 0.15) is 6.42 Å². The highest BCUT2D eigenvalue weighted by Crippen LogP contribution is 2.36. The molecule has 0 bridgehead atoms. The van der Waals surface area contributed by atoms with Crippen molar-refractivity contribution in [2.75, 3.05) is 24.7 Å². The second-order valence-corrected chi connectivity index (χ2v) is 6.31. The molecule has 0 saturated carbocycles. The van der Waals surface area contributed by atoms with Crippen LogP contribution in [-0.2, 0) is 0 Å². The van der Waals surface area contributed by atoms with Gasteiger partial charge in [-0.25, -0.2) is 4.98 Å². The number of hydrogen-bond donors (Lipinski definition) is 2. The molecule has 0 unspecified atom stereocenters. The summed E-state index contributed by atoms with van der Waals surface area (Å²) in [7, 11) is 0. The van der Waals surface area contributed by atoms with Crippen molar-refractivity contribution in [3.05, 3.63) is 22.2 Å². The van der Waals surface area contributed by atoms with Gasteiger partial charge >= 0.3 is 0 Å². The third kappa shape index (κ3) is 4.85. The molecular weight excluding hydrogens is 373 g/mol. The lowest BCUT2D eigenvalue weighted by Gasteiger charge is -2.10. The Morgan fingerprint density at radius 3 is 2.75 bits per heavy atom. The van der Waals surface area contributed by atoms with Gasteiger partial charge in [0, 0.05) is 17.9 Å². The molecule has 10 heteroatoms. The maximum atomic E-state index is 8.84. The Labute approximate surface area is 152 Å². The van der Waals surface area contributed by atoms with Crippen LogP contribution in [0.5, 0.6) is 5.75 Å². The third-order valence-corrected chi connectivity index (χ3v) is 4.26. The van der Waals surface area contributed by atoms with Crippen LogP contribution >= 0.6 is 35.0 Å². The Balaban J connectivity index is 2.38. The Morgan fingerprint density at radius 1 is 1.25 bits per heavy atom. The van der Waals surface area contributed by atoms with Crippen LogP contribution in [0.25, 0.3) is 11.4 Å². The van der Waals surface area contributed by atoms with E-state index in [-0.39, 0.29) is 30.0 Å². The van der Waals surface area contributed by atoms with Crippen molar-refractivity contribution in [3.63, 3.8) is 0 Å². The molecule has 0 aliphatic heterocycles. The van der Waals surface area contributed by atoms with Crippen LogP contribution < -0.4 is 10.5 Å². The molecule has 0 fully saturated rings. The van der Waals surface area contributed by atoms with Gasteiger partial charge in [0.2, 0.25) is 5.95 Å². The molecule has 0 spiro atoms. The maximum absolute atomic E-state index is 8.84. The average molecular weight is 386 g/mol. The predicted octanol–water partition coefficient (Wildman–Crippen LogP) is 2.80. The topological polar surface area (TPSA) is 118 Å². The normalized spacial score (nSPS) is 10.4. The molecule has 0 radical (unpaired) electrons. The first kappa shape index (κ1) is 18.5. The van der Waals surface area contributed by atoms with Crippen molar-refractivity contribution < 1.29 is 9.84 Å². The lowest BCUT2D eigenvalue weighted by atomic mass is 10.2. The number of nitrogens with zero attached hydrogens (tertiary/aromatic N) is 4. The fourth-order valence-electron chi connectivity index (χ4n) is 1.71. The number of ether oxygens (including phenoxy) is 1. The van der Waals surface area contributed by atoms with Crippen molar-refractivity contribution in [2.24, 2.45) is 0 Å². The predicted molar refractivity (Wildman–Crippen MR) is 93.2 cm³/mol. The Hall–Kier alpha value is -1.79. The van der Waals surface area contributed by atoms with Gasteiger partial charge in [-0.15, -0.1) is 0 Å². The number of aliphatic hydroxyl groups is 1. The number of hydrogen-bond acceptors (Lipinski definition) is 8. The van der Waals surface area contributed by atoms with Gasteiger partial charge in [-0.2, -0.15) is 15.2 Å². The molecule has 0 atom stereocenters. The van der Waals surface area contributed by atoms with E-state index in [1.54, 1.807) is 6.07 Å². The number of nitrogen functional groups attached to an aromatic ring is 1. The summed E-state index contributed by atoms with van der Waals surface area (Å²) >= 11 is 13.6. The first-order chi connectivity index (χ1) is 11.5. The van der Waals surface area contributed by atoms with Crippen LogP contribution in [0, 0.1) is 11.3 Å². The van der Waals surface area contributed by atoms with Gasteiger partial charge in [-0.3, -0.25) is 0 Å². The van der Waals surface area contributed by atoms with E-state index in [1.807, 2.05) is 6.07 Å². The summed E-state index contributed by atoms with van der Waals surface area (Å²) in [5, 5.41) is 18.5. The van der Waals surface area contributed by atoms with E-state index in [4.69, 9.17) is 44.0 Å². The number of aromatic nitrogens is 3. The summed E-state index contributed by atoms with van der Waals surface area (Å²) in [6.45, 7) is -0.0641. The van der Waals surface area contributed by atoms with Gasteiger partial charge in [0.15, 0.2) is 17.6 Å². The number of rotatable bonds is 7. The van der Waals surface area contributed by atoms with E-state index in [9.17, 15) is 0 Å². The highest BCUT2D eigenvalue weighted by molar-refractivity contribution is 7.99. The van der Waals surface area contributed by atoms with E-state index in [2.05, 4.69) is 15.0 Å². The molecule has 0 aliphatic carbocycles. The minimum atomic E-state index is -0.150. The zero-order valence-corrected chi connectivity index (χ0v) is 14.7. The lowest BCUT2D eigenvalue weighted by Crippen LogP contribution is -2.03. The first-order valence-electron chi connectivity index (χ1n) is 6.79. The van der Waals surface area contributed by atoms with E-state index in [1.165, 1.54) is 17.8 Å². The summed E-state index contributed by atoms with van der Waals surface area (Å²) in [5.74, 6) is 1.27. The molecular formula is C14H13Cl2N5O2S. The summed E-state index contributed by atoms with van der Waals surface area (Å²) < 4.78 is 5.26. The maximum Gasteiger partial charge on any atom is 0.224 e. The standard InChI is InChI=1S/C14H13Cl2N5O2S/c15-9-7-10(16)11(23-4-2-17)6-8(9)12-19-13(18)21-14(20-12)24-5-1-3-22/h6-7,22H,1,3-5H2,(H2,18,19,20,21). The number of benzene rings is 1. The SMILES string of the molecule is N#CCOc1cc(-c2nc(N)nc(SCCCO)n2)c(Cl)cc1Cl. The molecule has 0 aliphatic rings. The first-order valence-corrected chi connectivity index (χ1v) is 8.53. The number of nitriles is 1. The summed E-state index contributed by atoms with van der Waals surface area (Å²) in [6, 6.07) is 4.91. The number of thioether (sulfide) groups is 1. The monoisotopic (exact) mass is 385 g/mol. The van der Waals surface area contributed by atoms with E-state index >= 15 is 0 Å². The van der Waals surface area contributed by atoms with Crippen molar-refractivity contribution >= 4 is 40.9 Å². The van der Waals surface area contributed by atoms with Gasteiger partial charge in [0.1, 0.15) is 11.8 Å². The lowest BCUT2D eigenvalue weighted by molar-refractivity contribution is 0.296. The number of nitrogens with two attached hydrogens (primary N) is 1. The molecule has 24 heavy (non-hydrogen) atoms. The summed E-state index contributed by atoms with van der Waals surface area (Å²) in [4.78, 5) is 12.5. The molecule has 126 valence electrons. The van der Waals surface area contributed by atoms with Crippen molar-refractivity contribution in [1.82, 2.24) is 15.0 Å². The van der Waals surface area contributed by atoms with E-state index < -0.39 is 0 Å². The van der Waals surface area contributed by atoms with Crippen LogP contribution in [0.2, 0.25) is 10.0 Å². The molecule has 0 amide bonds. The van der Waals surface area contributed by atoms with Gasteiger partial charge in [-0.05, 0) is 18.6 Å². The zero-order chi connectivity index (χ0) is 17.5. The van der Waals surface area contributed by atoms with Gasteiger partial charge in [0.25, 0.3) is 0 Å². The number of anilines is 1. The van der Waals surface area contributed by atoms with Crippen LogP contribution in [0.15, 0.2) is 17.3 Å². The quantitative estimate of drug-likeness (QED) is 0.551. The van der Waals surface area contributed by atoms with Crippen LogP contribution in [0.4, 0.5) is 5.95 Å². The second kappa shape index (κ2) is 8.89. The summed E-state index contributed by atoms with van der Waals surface area (Å²) in [5.41, 5.74) is 6.20. The molecule has 3 N–H and O–H groups in total. The molecule has 1 aromatic heterocycles. The molecule has 2 rings (SSSR count). The van der Waals surface area contributed by atoms with E-state index in [0.717, 1.165) is 0 Å². The minimum Gasteiger partial charge on any atom is -0.477 e. The molecule has 2 aromatic rings. The second-order valence-electron chi connectivity index (χ2n) is 4.43. The van der Waals surface area contributed by atoms with Crippen molar-refractivity contribution in [2.45, 2.75) is 11.6 Å². The van der Waals surface area contributed by atoms with Gasteiger partial charge < -0.3 is 15.6 Å². The zero-order valence-electron chi connectivity index (χ0n) is 12.4. The molecule has 1 aromatic carbocycles. The fourth-order valence-corrected chi connectivity index (χ4v) is 2.99. The van der Waals surface area contributed by atoms with Crippen molar-refractivity contribution in [1.29, 1.82) is 5.26 Å². The number of halogens is 2. The molecule has 7 nitrogen and oxygen atoms in total. The summed E-state index contributed by atoms with van der Waals surface area (Å²) in [6.07, 6.45) is 0.611. The molecule has 0 saturated heterocycles. The Kier molecular flexibility index (Phi) is 6.87. The van der Waals surface area contributed by atoms with Gasteiger partial charge in [0.05, 0.1) is 10.0 Å². The number of aliphatic hydroxyl groups excluding tert-OH is 1. The minimum absolute atomic E-state index is 0.0528. The van der Waals surface area contributed by atoms with Crippen LogP contribution in [0.3, 0.4) is 0 Å². The van der Waals surface area contributed by atoms with E-state index in [0.29, 0.717) is 33.7 Å².